The topological polar surface area (TPSA) is 85.5 Å². The predicted octanol–water partition coefficient (Wildman–Crippen LogP) is 4.23. The van der Waals surface area contributed by atoms with Gasteiger partial charge in [-0.2, -0.15) is 0 Å². The number of carbonyl (C=O) groups excluding carboxylic acids is 2. The molecule has 0 aromatic carbocycles. The molecule has 8 fully saturated rings. The molecule has 0 radical (unpaired) electrons. The zero-order chi connectivity index (χ0) is 24.8. The predicted molar refractivity (Wildman–Crippen MR) is 142 cm³/mol. The van der Waals surface area contributed by atoms with Crippen LogP contribution in [-0.2, 0) is 0 Å². The summed E-state index contributed by atoms with van der Waals surface area (Å²) in [5.74, 6) is 5.10. The van der Waals surface area contributed by atoms with Crippen molar-refractivity contribution in [3.05, 3.63) is 0 Å². The fourth-order valence-corrected chi connectivity index (χ4v) is 10.3. The Kier molecular flexibility index (Phi) is 6.89. The Balaban J connectivity index is 0.816. The first-order chi connectivity index (χ1) is 17.4. The van der Waals surface area contributed by atoms with Crippen LogP contribution in [0.15, 0.2) is 0 Å². The van der Waals surface area contributed by atoms with Crippen LogP contribution in [0.1, 0.15) is 89.9 Å². The summed E-state index contributed by atoms with van der Waals surface area (Å²) in [6, 6.07) is 0.0719. The van der Waals surface area contributed by atoms with Gasteiger partial charge in [0.2, 0.25) is 0 Å². The summed E-state index contributed by atoms with van der Waals surface area (Å²) >= 11 is 0. The Morgan fingerprint density at radius 1 is 0.611 bits per heavy atom. The minimum atomic E-state index is 0.0360. The second kappa shape index (κ2) is 9.99. The van der Waals surface area contributed by atoms with Crippen LogP contribution in [0.3, 0.4) is 0 Å². The van der Waals surface area contributed by atoms with Gasteiger partial charge < -0.3 is 26.2 Å². The van der Waals surface area contributed by atoms with Gasteiger partial charge in [0.1, 0.15) is 0 Å². The van der Waals surface area contributed by atoms with Gasteiger partial charge in [-0.1, -0.05) is 0 Å². The molecule has 8 rings (SSSR count). The van der Waals surface area contributed by atoms with Crippen LogP contribution >= 0.6 is 0 Å². The van der Waals surface area contributed by atoms with E-state index in [-0.39, 0.29) is 23.1 Å². The Bertz CT molecular complexity index is 692. The molecule has 0 heterocycles. The lowest BCUT2D eigenvalue weighted by Crippen LogP contribution is -2.61. The SMILES string of the molecule is CN(CCCNC(=O)NC12CC3CC(CC(C3)C1)C2)CCCNC(=O)NC12CC3CC(CC(C3)C1)C2. The molecule has 0 aromatic heterocycles. The maximum atomic E-state index is 12.6. The lowest BCUT2D eigenvalue weighted by Gasteiger charge is -2.56. The van der Waals surface area contributed by atoms with E-state index >= 15 is 0 Å². The van der Waals surface area contributed by atoms with Crippen LogP contribution in [0.25, 0.3) is 0 Å². The average Bonchev–Trinajstić information content (AvgIpc) is 2.77. The summed E-state index contributed by atoms with van der Waals surface area (Å²) in [5, 5.41) is 13.0. The summed E-state index contributed by atoms with van der Waals surface area (Å²) in [4.78, 5) is 27.5. The molecule has 0 aromatic rings. The van der Waals surface area contributed by atoms with E-state index in [0.717, 1.165) is 61.4 Å². The molecule has 4 amide bonds. The number of nitrogens with zero attached hydrogens (tertiary/aromatic N) is 1. The number of hydrogen-bond acceptors (Lipinski definition) is 3. The molecule has 202 valence electrons. The minimum absolute atomic E-state index is 0.0360. The van der Waals surface area contributed by atoms with Gasteiger partial charge in [-0.15, -0.1) is 0 Å². The number of rotatable bonds is 10. The van der Waals surface area contributed by atoms with Gasteiger partial charge >= 0.3 is 12.1 Å². The van der Waals surface area contributed by atoms with Crippen molar-refractivity contribution in [1.29, 1.82) is 0 Å². The number of hydrogen-bond donors (Lipinski definition) is 4. The van der Waals surface area contributed by atoms with Gasteiger partial charge in [-0.25, -0.2) is 9.59 Å². The summed E-state index contributed by atoms with van der Waals surface area (Å²) in [6.45, 7) is 3.34. The van der Waals surface area contributed by atoms with Crippen molar-refractivity contribution in [3.63, 3.8) is 0 Å². The fraction of sp³-hybridized carbons (Fsp3) is 0.931. The molecule has 7 heteroatoms. The molecule has 0 saturated heterocycles. The Labute approximate surface area is 217 Å². The first-order valence-electron chi connectivity index (χ1n) is 15.2. The third kappa shape index (κ3) is 5.51. The standard InChI is InChI=1S/C29H49N5O2/c1-34(6-2-4-30-26(35)32-28-14-20-8-21(15-28)10-22(9-20)16-28)7-3-5-31-27(36)33-29-17-23-11-24(18-29)13-25(12-23)19-29/h20-25H,2-19H2,1H3,(H2,30,32,35)(H2,31,33,36). The third-order valence-electron chi connectivity index (χ3n) is 10.8. The van der Waals surface area contributed by atoms with E-state index in [9.17, 15) is 9.59 Å². The van der Waals surface area contributed by atoms with Crippen molar-refractivity contribution in [3.8, 4) is 0 Å². The summed E-state index contributed by atoms with van der Waals surface area (Å²) in [7, 11) is 2.13. The zero-order valence-electron chi connectivity index (χ0n) is 22.5. The van der Waals surface area contributed by atoms with Crippen LogP contribution < -0.4 is 21.3 Å². The molecule has 7 nitrogen and oxygen atoms in total. The first-order valence-corrected chi connectivity index (χ1v) is 15.2. The monoisotopic (exact) mass is 499 g/mol. The van der Waals surface area contributed by atoms with E-state index in [1.807, 2.05) is 0 Å². The molecule has 8 bridgehead atoms. The van der Waals surface area contributed by atoms with E-state index in [2.05, 4.69) is 33.2 Å². The Morgan fingerprint density at radius 3 is 1.22 bits per heavy atom. The molecular formula is C29H49N5O2. The minimum Gasteiger partial charge on any atom is -0.338 e. The molecule has 0 unspecified atom stereocenters. The van der Waals surface area contributed by atoms with Crippen LogP contribution in [0.4, 0.5) is 9.59 Å². The number of amides is 4. The van der Waals surface area contributed by atoms with Gasteiger partial charge in [0.15, 0.2) is 0 Å². The van der Waals surface area contributed by atoms with E-state index in [4.69, 9.17) is 0 Å². The quantitative estimate of drug-likeness (QED) is 0.339. The smallest absolute Gasteiger partial charge is 0.315 e. The average molecular weight is 500 g/mol. The van der Waals surface area contributed by atoms with Crippen LogP contribution in [-0.4, -0.2) is 61.3 Å². The Hall–Kier alpha value is -1.50. The van der Waals surface area contributed by atoms with Gasteiger partial charge in [0.25, 0.3) is 0 Å². The lowest BCUT2D eigenvalue weighted by molar-refractivity contribution is -0.0138. The Morgan fingerprint density at radius 2 is 0.917 bits per heavy atom. The van der Waals surface area contributed by atoms with E-state index in [0.29, 0.717) is 13.1 Å². The van der Waals surface area contributed by atoms with Gasteiger partial charge in [-0.05, 0) is 146 Å². The molecule has 8 aliphatic carbocycles. The molecule has 0 atom stereocenters. The van der Waals surface area contributed by atoms with E-state index < -0.39 is 0 Å². The second-order valence-corrected chi connectivity index (χ2v) is 14.2. The van der Waals surface area contributed by atoms with Crippen molar-refractivity contribution in [1.82, 2.24) is 26.2 Å². The lowest BCUT2D eigenvalue weighted by atomic mass is 9.53. The zero-order valence-corrected chi connectivity index (χ0v) is 22.5. The highest BCUT2D eigenvalue weighted by atomic mass is 16.2. The second-order valence-electron chi connectivity index (χ2n) is 14.2. The van der Waals surface area contributed by atoms with Crippen LogP contribution in [0, 0.1) is 35.5 Å². The molecule has 36 heavy (non-hydrogen) atoms. The highest BCUT2D eigenvalue weighted by Crippen LogP contribution is 2.56. The summed E-state index contributed by atoms with van der Waals surface area (Å²) in [5.41, 5.74) is 0.176. The fourth-order valence-electron chi connectivity index (χ4n) is 10.3. The molecule has 8 saturated carbocycles. The maximum Gasteiger partial charge on any atom is 0.315 e. The van der Waals surface area contributed by atoms with E-state index in [1.165, 1.54) is 77.0 Å². The maximum absolute atomic E-state index is 12.6. The van der Waals surface area contributed by atoms with Crippen molar-refractivity contribution < 1.29 is 9.59 Å². The van der Waals surface area contributed by atoms with Crippen LogP contribution in [0.2, 0.25) is 0 Å². The van der Waals surface area contributed by atoms with Crippen molar-refractivity contribution in [2.45, 2.75) is 101 Å². The van der Waals surface area contributed by atoms with Gasteiger partial charge in [-0.3, -0.25) is 0 Å². The third-order valence-corrected chi connectivity index (χ3v) is 10.8. The summed E-state index contributed by atoms with van der Waals surface area (Å²) in [6.07, 6.45) is 17.5. The normalized spacial score (nSPS) is 41.5. The van der Waals surface area contributed by atoms with Crippen LogP contribution in [0.5, 0.6) is 0 Å². The number of nitrogens with one attached hydrogen (secondary N) is 4. The highest BCUT2D eigenvalue weighted by molar-refractivity contribution is 5.75. The van der Waals surface area contributed by atoms with Crippen molar-refractivity contribution in [2.24, 2.45) is 35.5 Å². The van der Waals surface area contributed by atoms with Crippen molar-refractivity contribution in [2.75, 3.05) is 33.2 Å². The van der Waals surface area contributed by atoms with E-state index in [1.54, 1.807) is 0 Å². The largest absolute Gasteiger partial charge is 0.338 e. The summed E-state index contributed by atoms with van der Waals surface area (Å²) < 4.78 is 0. The van der Waals surface area contributed by atoms with Gasteiger partial charge in [0, 0.05) is 24.2 Å². The molecule has 8 aliphatic rings. The molecule has 0 spiro atoms. The molecular weight excluding hydrogens is 450 g/mol. The van der Waals surface area contributed by atoms with Gasteiger partial charge in [0.05, 0.1) is 0 Å². The number of urea groups is 2. The first kappa shape index (κ1) is 24.8. The molecule has 0 aliphatic heterocycles. The number of carbonyl (C=O) groups is 2. The van der Waals surface area contributed by atoms with Crippen molar-refractivity contribution >= 4 is 12.1 Å². The molecule has 4 N–H and O–H groups in total. The highest BCUT2D eigenvalue weighted by Gasteiger charge is 2.52.